The van der Waals surface area contributed by atoms with Crippen LogP contribution in [-0.2, 0) is 4.79 Å². The Morgan fingerprint density at radius 1 is 1.12 bits per heavy atom. The van der Waals surface area contributed by atoms with Crippen molar-refractivity contribution >= 4 is 28.5 Å². The van der Waals surface area contributed by atoms with E-state index in [1.54, 1.807) is 37.4 Å². The Kier molecular flexibility index (Phi) is 7.32. The van der Waals surface area contributed by atoms with Crippen LogP contribution in [-0.4, -0.2) is 38.4 Å². The molecule has 0 fully saturated rings. The zero-order chi connectivity index (χ0) is 18.2. The fourth-order valence-corrected chi connectivity index (χ4v) is 2.51. The minimum Gasteiger partial charge on any atom is -0.497 e. The average molecular weight is 457 g/mol. The third-order valence-electron chi connectivity index (χ3n) is 3.47. The van der Waals surface area contributed by atoms with Gasteiger partial charge in [0.25, 0.3) is 5.91 Å². The summed E-state index contributed by atoms with van der Waals surface area (Å²) >= 11 is 2.19. The van der Waals surface area contributed by atoms with Gasteiger partial charge in [0.2, 0.25) is 0 Å². The molecule has 7 heteroatoms. The molecular formula is C18H20INO5. The lowest BCUT2D eigenvalue weighted by Crippen LogP contribution is -2.32. The molecule has 0 saturated carbocycles. The number of carbonyl (C=O) groups is 1. The molecule has 0 bridgehead atoms. The molecule has 0 heterocycles. The normalized spacial score (nSPS) is 11.5. The minimum absolute atomic E-state index is 0.0401. The fourth-order valence-electron chi connectivity index (χ4n) is 2.15. The molecule has 2 aromatic rings. The fraction of sp³-hybridized carbons (Fsp3) is 0.278. The van der Waals surface area contributed by atoms with Crippen LogP contribution in [0.2, 0.25) is 0 Å². The summed E-state index contributed by atoms with van der Waals surface area (Å²) in [6.07, 6.45) is -0.924. The van der Waals surface area contributed by atoms with Crippen molar-refractivity contribution in [2.24, 2.45) is 0 Å². The Morgan fingerprint density at radius 3 is 2.44 bits per heavy atom. The number of hydrogen-bond donors (Lipinski definition) is 2. The third kappa shape index (κ3) is 5.79. The van der Waals surface area contributed by atoms with E-state index in [9.17, 15) is 9.90 Å². The van der Waals surface area contributed by atoms with Crippen LogP contribution in [0.4, 0.5) is 0 Å². The van der Waals surface area contributed by atoms with Crippen molar-refractivity contribution in [1.29, 1.82) is 0 Å². The van der Waals surface area contributed by atoms with Gasteiger partial charge in [-0.25, -0.2) is 0 Å². The Labute approximate surface area is 160 Å². The van der Waals surface area contributed by atoms with Gasteiger partial charge >= 0.3 is 0 Å². The molecule has 1 amide bonds. The molecule has 6 nitrogen and oxygen atoms in total. The van der Waals surface area contributed by atoms with Gasteiger partial charge in [-0.2, -0.15) is 0 Å². The van der Waals surface area contributed by atoms with Gasteiger partial charge in [-0.3, -0.25) is 4.79 Å². The summed E-state index contributed by atoms with van der Waals surface area (Å²) in [4.78, 5) is 11.9. The van der Waals surface area contributed by atoms with Crippen LogP contribution in [0.5, 0.6) is 17.2 Å². The Balaban J connectivity index is 1.87. The van der Waals surface area contributed by atoms with Crippen molar-refractivity contribution in [3.05, 3.63) is 51.6 Å². The van der Waals surface area contributed by atoms with Gasteiger partial charge in [0.05, 0.1) is 20.3 Å². The number of ether oxygens (including phenoxy) is 3. The number of aliphatic hydroxyl groups excluding tert-OH is 1. The molecule has 1 atom stereocenters. The van der Waals surface area contributed by atoms with E-state index in [1.165, 1.54) is 7.11 Å². The predicted molar refractivity (Wildman–Crippen MR) is 102 cm³/mol. The van der Waals surface area contributed by atoms with Gasteiger partial charge in [-0.05, 0) is 65.1 Å². The molecule has 2 rings (SSSR count). The molecule has 2 aromatic carbocycles. The van der Waals surface area contributed by atoms with Crippen molar-refractivity contribution in [3.63, 3.8) is 0 Å². The number of amides is 1. The molecule has 2 N–H and O–H groups in total. The van der Waals surface area contributed by atoms with Gasteiger partial charge in [-0.1, -0.05) is 0 Å². The van der Waals surface area contributed by atoms with E-state index in [0.717, 1.165) is 3.57 Å². The standard InChI is InChI=1S/C18H20INO5/c1-23-14-7-8-17(24-2)15(9-14)16(21)10-20-18(22)11-25-13-5-3-12(19)4-6-13/h3-9,16,21H,10-11H2,1-2H3,(H,20,22). The second-order valence-electron chi connectivity index (χ2n) is 5.17. The minimum atomic E-state index is -0.924. The summed E-state index contributed by atoms with van der Waals surface area (Å²) in [5, 5.41) is 13.0. The van der Waals surface area contributed by atoms with Crippen molar-refractivity contribution in [2.75, 3.05) is 27.4 Å². The van der Waals surface area contributed by atoms with E-state index in [4.69, 9.17) is 14.2 Å². The maximum absolute atomic E-state index is 11.9. The molecular weight excluding hydrogens is 437 g/mol. The lowest BCUT2D eigenvalue weighted by molar-refractivity contribution is -0.123. The monoisotopic (exact) mass is 457 g/mol. The van der Waals surface area contributed by atoms with E-state index in [2.05, 4.69) is 27.9 Å². The maximum atomic E-state index is 11.9. The van der Waals surface area contributed by atoms with Crippen LogP contribution in [0.15, 0.2) is 42.5 Å². The number of benzene rings is 2. The number of aliphatic hydroxyl groups is 1. The predicted octanol–water partition coefficient (Wildman–Crippen LogP) is 2.54. The molecule has 0 aromatic heterocycles. The third-order valence-corrected chi connectivity index (χ3v) is 4.19. The van der Waals surface area contributed by atoms with Crippen LogP contribution in [0.3, 0.4) is 0 Å². The zero-order valence-corrected chi connectivity index (χ0v) is 16.1. The highest BCUT2D eigenvalue weighted by molar-refractivity contribution is 14.1. The number of carbonyl (C=O) groups excluding carboxylic acids is 1. The van der Waals surface area contributed by atoms with Crippen LogP contribution < -0.4 is 19.5 Å². The van der Waals surface area contributed by atoms with Crippen LogP contribution >= 0.6 is 22.6 Å². The first-order valence-electron chi connectivity index (χ1n) is 7.58. The first kappa shape index (κ1) is 19.3. The smallest absolute Gasteiger partial charge is 0.258 e. The summed E-state index contributed by atoms with van der Waals surface area (Å²) in [6, 6.07) is 12.5. The average Bonchev–Trinajstić information content (AvgIpc) is 2.65. The maximum Gasteiger partial charge on any atom is 0.258 e. The number of nitrogens with one attached hydrogen (secondary N) is 1. The van der Waals surface area contributed by atoms with E-state index in [1.807, 2.05) is 12.1 Å². The Bertz CT molecular complexity index is 705. The lowest BCUT2D eigenvalue weighted by atomic mass is 10.1. The number of hydrogen-bond acceptors (Lipinski definition) is 5. The molecule has 0 radical (unpaired) electrons. The molecule has 134 valence electrons. The molecule has 1 unspecified atom stereocenters. The summed E-state index contributed by atoms with van der Waals surface area (Å²) in [6.45, 7) is -0.0824. The van der Waals surface area contributed by atoms with E-state index < -0.39 is 6.10 Å². The molecule has 0 saturated heterocycles. The number of methoxy groups -OCH3 is 2. The quantitative estimate of drug-likeness (QED) is 0.596. The number of rotatable bonds is 8. The molecule has 0 aliphatic heterocycles. The summed E-state index contributed by atoms with van der Waals surface area (Å²) < 4.78 is 16.9. The highest BCUT2D eigenvalue weighted by atomic mass is 127. The van der Waals surface area contributed by atoms with Crippen LogP contribution in [0, 0.1) is 3.57 Å². The molecule has 0 aliphatic carbocycles. The zero-order valence-electron chi connectivity index (χ0n) is 14.0. The highest BCUT2D eigenvalue weighted by Crippen LogP contribution is 2.29. The first-order valence-corrected chi connectivity index (χ1v) is 8.66. The van der Waals surface area contributed by atoms with Crippen LogP contribution in [0.1, 0.15) is 11.7 Å². The highest BCUT2D eigenvalue weighted by Gasteiger charge is 2.16. The molecule has 0 aliphatic rings. The van der Waals surface area contributed by atoms with Gasteiger partial charge in [-0.15, -0.1) is 0 Å². The second kappa shape index (κ2) is 9.47. The van der Waals surface area contributed by atoms with E-state index >= 15 is 0 Å². The summed E-state index contributed by atoms with van der Waals surface area (Å²) in [5.74, 6) is 1.42. The van der Waals surface area contributed by atoms with Gasteiger partial charge in [0.15, 0.2) is 6.61 Å². The van der Waals surface area contributed by atoms with Crippen LogP contribution in [0.25, 0.3) is 0 Å². The second-order valence-corrected chi connectivity index (χ2v) is 6.42. The first-order chi connectivity index (χ1) is 12.0. The van der Waals surface area contributed by atoms with E-state index in [-0.39, 0.29) is 19.1 Å². The Morgan fingerprint density at radius 2 is 1.80 bits per heavy atom. The Hall–Kier alpha value is -2.00. The SMILES string of the molecule is COc1ccc(OC)c(C(O)CNC(=O)COc2ccc(I)cc2)c1. The van der Waals surface area contributed by atoms with Crippen molar-refractivity contribution in [2.45, 2.75) is 6.10 Å². The lowest BCUT2D eigenvalue weighted by Gasteiger charge is -2.16. The van der Waals surface area contributed by atoms with E-state index in [0.29, 0.717) is 22.8 Å². The van der Waals surface area contributed by atoms with Gasteiger partial charge < -0.3 is 24.6 Å². The molecule has 0 spiro atoms. The summed E-state index contributed by atoms with van der Waals surface area (Å²) in [5.41, 5.74) is 0.542. The molecule has 25 heavy (non-hydrogen) atoms. The van der Waals surface area contributed by atoms with Crippen molar-refractivity contribution in [3.8, 4) is 17.2 Å². The van der Waals surface area contributed by atoms with Crippen molar-refractivity contribution < 1.29 is 24.1 Å². The largest absolute Gasteiger partial charge is 0.497 e. The van der Waals surface area contributed by atoms with Gasteiger partial charge in [0.1, 0.15) is 17.2 Å². The topological polar surface area (TPSA) is 77.0 Å². The van der Waals surface area contributed by atoms with Gasteiger partial charge in [0, 0.05) is 15.7 Å². The number of halogens is 1. The van der Waals surface area contributed by atoms with Crippen molar-refractivity contribution in [1.82, 2.24) is 5.32 Å². The summed E-state index contributed by atoms with van der Waals surface area (Å²) in [7, 11) is 3.06.